The molecule has 1 aromatic carbocycles. The van der Waals surface area contributed by atoms with Gasteiger partial charge in [0.2, 0.25) is 0 Å². The van der Waals surface area contributed by atoms with Crippen LogP contribution >= 0.6 is 23.2 Å². The van der Waals surface area contributed by atoms with Crippen molar-refractivity contribution in [3.63, 3.8) is 0 Å². The van der Waals surface area contributed by atoms with Crippen molar-refractivity contribution in [2.75, 3.05) is 6.61 Å². The molecule has 17 heavy (non-hydrogen) atoms. The molecule has 0 aliphatic carbocycles. The molecule has 0 fully saturated rings. The minimum Gasteiger partial charge on any atom is -0.396 e. The van der Waals surface area contributed by atoms with E-state index in [-0.39, 0.29) is 6.61 Å². The average Bonchev–Trinajstić information content (AvgIpc) is 2.72. The van der Waals surface area contributed by atoms with Crippen LogP contribution in [-0.2, 0) is 6.42 Å². The fourth-order valence-electron chi connectivity index (χ4n) is 1.46. The number of hydrogen-bond acceptors (Lipinski definition) is 3. The first kappa shape index (κ1) is 12.4. The second kappa shape index (κ2) is 5.04. The number of aliphatic hydroxyl groups is 1. The van der Waals surface area contributed by atoms with Gasteiger partial charge in [-0.05, 0) is 24.6 Å². The van der Waals surface area contributed by atoms with Gasteiger partial charge in [0, 0.05) is 18.1 Å². The first-order valence-electron chi connectivity index (χ1n) is 5.10. The van der Waals surface area contributed by atoms with Gasteiger partial charge in [-0.1, -0.05) is 28.4 Å². The normalized spacial score (nSPS) is 10.8. The number of hydrogen-bond donors (Lipinski definition) is 1. The highest BCUT2D eigenvalue weighted by Crippen LogP contribution is 2.27. The molecule has 6 heteroatoms. The van der Waals surface area contributed by atoms with Gasteiger partial charge in [0.15, 0.2) is 0 Å². The van der Waals surface area contributed by atoms with E-state index >= 15 is 0 Å². The number of aryl methyl sites for hydroxylation is 1. The van der Waals surface area contributed by atoms with Crippen LogP contribution in [0.1, 0.15) is 11.3 Å². The van der Waals surface area contributed by atoms with Gasteiger partial charge in [0.1, 0.15) is 0 Å². The summed E-state index contributed by atoms with van der Waals surface area (Å²) in [7, 11) is 0. The Morgan fingerprint density at radius 1 is 1.29 bits per heavy atom. The second-order valence-electron chi connectivity index (χ2n) is 3.68. The summed E-state index contributed by atoms with van der Waals surface area (Å²) in [6.07, 6.45) is 2.19. The Morgan fingerprint density at radius 2 is 2.06 bits per heavy atom. The monoisotopic (exact) mass is 271 g/mol. The Balaban J connectivity index is 2.41. The highest BCUT2D eigenvalue weighted by molar-refractivity contribution is 6.35. The quantitative estimate of drug-likeness (QED) is 0.933. The van der Waals surface area contributed by atoms with Crippen molar-refractivity contribution in [1.82, 2.24) is 15.0 Å². The van der Waals surface area contributed by atoms with E-state index < -0.39 is 0 Å². The summed E-state index contributed by atoms with van der Waals surface area (Å²) >= 11 is 12.2. The summed E-state index contributed by atoms with van der Waals surface area (Å²) in [5, 5.41) is 17.9. The highest BCUT2D eigenvalue weighted by atomic mass is 35.5. The highest BCUT2D eigenvalue weighted by Gasteiger charge is 2.09. The van der Waals surface area contributed by atoms with Crippen LogP contribution in [0.15, 0.2) is 18.3 Å². The number of aliphatic hydroxyl groups excluding tert-OH is 1. The number of halogens is 2. The van der Waals surface area contributed by atoms with E-state index in [1.54, 1.807) is 23.0 Å². The number of aromatic nitrogens is 3. The van der Waals surface area contributed by atoms with E-state index in [2.05, 4.69) is 10.3 Å². The minimum atomic E-state index is 0.0427. The lowest BCUT2D eigenvalue weighted by molar-refractivity contribution is 0.298. The smallest absolute Gasteiger partial charge is 0.0864 e. The second-order valence-corrected chi connectivity index (χ2v) is 4.50. The van der Waals surface area contributed by atoms with Crippen molar-refractivity contribution in [3.05, 3.63) is 39.6 Å². The molecule has 0 radical (unpaired) electrons. The lowest BCUT2D eigenvalue weighted by atomic mass is 10.2. The molecule has 1 N–H and O–H groups in total. The molecule has 0 bridgehead atoms. The van der Waals surface area contributed by atoms with E-state index in [4.69, 9.17) is 28.3 Å². The van der Waals surface area contributed by atoms with Crippen molar-refractivity contribution in [3.8, 4) is 5.69 Å². The maximum absolute atomic E-state index is 8.81. The third-order valence-corrected chi connectivity index (χ3v) is 3.09. The van der Waals surface area contributed by atoms with E-state index in [1.807, 2.05) is 6.92 Å². The molecular formula is C11H11Cl2N3O. The van der Waals surface area contributed by atoms with Crippen LogP contribution in [0.5, 0.6) is 0 Å². The summed E-state index contributed by atoms with van der Waals surface area (Å²) < 4.78 is 1.55. The van der Waals surface area contributed by atoms with Crippen LogP contribution in [0.4, 0.5) is 0 Å². The molecule has 0 spiro atoms. The fourth-order valence-corrected chi connectivity index (χ4v) is 1.92. The Morgan fingerprint density at radius 3 is 2.76 bits per heavy atom. The van der Waals surface area contributed by atoms with Crippen LogP contribution in [-0.4, -0.2) is 26.7 Å². The average molecular weight is 272 g/mol. The first-order chi connectivity index (χ1) is 8.11. The summed E-state index contributed by atoms with van der Waals surface area (Å²) in [5.41, 5.74) is 2.30. The molecule has 1 aromatic heterocycles. The van der Waals surface area contributed by atoms with Crippen molar-refractivity contribution < 1.29 is 5.11 Å². The van der Waals surface area contributed by atoms with E-state index in [1.165, 1.54) is 0 Å². The van der Waals surface area contributed by atoms with Crippen molar-refractivity contribution in [2.24, 2.45) is 0 Å². The van der Waals surface area contributed by atoms with Crippen LogP contribution in [0.2, 0.25) is 10.0 Å². The maximum atomic E-state index is 8.81. The summed E-state index contributed by atoms with van der Waals surface area (Å²) in [4.78, 5) is 0. The van der Waals surface area contributed by atoms with Crippen LogP contribution < -0.4 is 0 Å². The largest absolute Gasteiger partial charge is 0.396 e. The maximum Gasteiger partial charge on any atom is 0.0864 e. The van der Waals surface area contributed by atoms with Gasteiger partial charge < -0.3 is 5.11 Å². The minimum absolute atomic E-state index is 0.0427. The van der Waals surface area contributed by atoms with Crippen molar-refractivity contribution >= 4 is 23.2 Å². The molecular weight excluding hydrogens is 261 g/mol. The predicted molar refractivity (Wildman–Crippen MR) is 66.9 cm³/mol. The van der Waals surface area contributed by atoms with Crippen LogP contribution in [0, 0.1) is 6.92 Å². The molecule has 0 saturated carbocycles. The lowest BCUT2D eigenvalue weighted by Crippen LogP contribution is -1.96. The molecule has 0 aliphatic rings. The zero-order valence-corrected chi connectivity index (χ0v) is 10.7. The van der Waals surface area contributed by atoms with E-state index in [0.29, 0.717) is 27.8 Å². The number of benzene rings is 1. The lowest BCUT2D eigenvalue weighted by Gasteiger charge is -2.06. The topological polar surface area (TPSA) is 50.9 Å². The van der Waals surface area contributed by atoms with Gasteiger partial charge in [-0.2, -0.15) is 0 Å². The van der Waals surface area contributed by atoms with Gasteiger partial charge >= 0.3 is 0 Å². The molecule has 90 valence electrons. The molecule has 2 rings (SSSR count). The zero-order chi connectivity index (χ0) is 12.4. The number of nitrogens with zero attached hydrogens (tertiary/aromatic N) is 3. The molecule has 1 heterocycles. The first-order valence-corrected chi connectivity index (χ1v) is 5.85. The van der Waals surface area contributed by atoms with Crippen LogP contribution in [0.25, 0.3) is 5.69 Å². The summed E-state index contributed by atoms with van der Waals surface area (Å²) in [6.45, 7) is 1.93. The van der Waals surface area contributed by atoms with Crippen molar-refractivity contribution in [1.29, 1.82) is 0 Å². The van der Waals surface area contributed by atoms with E-state index in [9.17, 15) is 0 Å². The van der Waals surface area contributed by atoms with Crippen molar-refractivity contribution in [2.45, 2.75) is 13.3 Å². The van der Waals surface area contributed by atoms with Gasteiger partial charge in [0.05, 0.1) is 22.6 Å². The summed E-state index contributed by atoms with van der Waals surface area (Å²) in [6, 6.07) is 3.53. The predicted octanol–water partition coefficient (Wildman–Crippen LogP) is 2.42. The number of rotatable bonds is 3. The molecule has 0 amide bonds. The Bertz CT molecular complexity index is 540. The van der Waals surface area contributed by atoms with E-state index in [0.717, 1.165) is 5.56 Å². The molecule has 2 aromatic rings. The van der Waals surface area contributed by atoms with Gasteiger partial charge in [-0.15, -0.1) is 5.10 Å². The Labute approximate surface area is 109 Å². The zero-order valence-electron chi connectivity index (χ0n) is 9.19. The fraction of sp³-hybridized carbons (Fsp3) is 0.273. The van der Waals surface area contributed by atoms with Gasteiger partial charge in [-0.3, -0.25) is 0 Å². The molecule has 0 atom stereocenters. The standard InChI is InChI=1S/C11H11Cl2N3O/c1-7-4-10(13)11(5-9(7)12)16-6-8(2-3-17)14-15-16/h4-6,17H,2-3H2,1H3. The molecule has 0 unspecified atom stereocenters. The third kappa shape index (κ3) is 2.60. The SMILES string of the molecule is Cc1cc(Cl)c(-n2cc(CCO)nn2)cc1Cl. The molecule has 0 saturated heterocycles. The third-order valence-electron chi connectivity index (χ3n) is 2.38. The molecule has 4 nitrogen and oxygen atoms in total. The van der Waals surface area contributed by atoms with Gasteiger partial charge in [-0.25, -0.2) is 4.68 Å². The Hall–Kier alpha value is -1.10. The summed E-state index contributed by atoms with van der Waals surface area (Å²) in [5.74, 6) is 0. The van der Waals surface area contributed by atoms with Gasteiger partial charge in [0.25, 0.3) is 0 Å². The molecule has 0 aliphatic heterocycles. The Kier molecular flexibility index (Phi) is 3.66. The van der Waals surface area contributed by atoms with Crippen LogP contribution in [0.3, 0.4) is 0 Å².